The van der Waals surface area contributed by atoms with Gasteiger partial charge in [-0.25, -0.2) is 8.42 Å². The van der Waals surface area contributed by atoms with Crippen molar-refractivity contribution < 1.29 is 18.0 Å². The molecule has 2 atom stereocenters. The minimum atomic E-state index is -4.21. The van der Waals surface area contributed by atoms with E-state index in [-0.39, 0.29) is 35.5 Å². The number of sulfonamides is 1. The predicted octanol–water partition coefficient (Wildman–Crippen LogP) is 6.87. The Morgan fingerprint density at radius 3 is 2.02 bits per heavy atom. The number of hydrogen-bond donors (Lipinski definition) is 1. The van der Waals surface area contributed by atoms with E-state index in [0.29, 0.717) is 32.6 Å². The highest BCUT2D eigenvalue weighted by atomic mass is 35.5. The number of carbonyl (C=O) groups is 2. The van der Waals surface area contributed by atoms with Crippen LogP contribution in [0.5, 0.6) is 0 Å². The Morgan fingerprint density at radius 1 is 0.854 bits per heavy atom. The van der Waals surface area contributed by atoms with E-state index in [1.165, 1.54) is 17.0 Å². The zero-order valence-corrected chi connectivity index (χ0v) is 26.5. The van der Waals surface area contributed by atoms with Crippen molar-refractivity contribution in [3.05, 3.63) is 92.9 Å². The molecule has 220 valence electrons. The molecule has 0 bridgehead atoms. The van der Waals surface area contributed by atoms with E-state index in [1.54, 1.807) is 68.4 Å². The van der Waals surface area contributed by atoms with Crippen molar-refractivity contribution in [2.24, 2.45) is 0 Å². The molecule has 7 nitrogen and oxygen atoms in total. The molecule has 0 spiro atoms. The van der Waals surface area contributed by atoms with Crippen LogP contribution < -0.4 is 9.62 Å². The van der Waals surface area contributed by atoms with Crippen molar-refractivity contribution in [3.63, 3.8) is 0 Å². The van der Waals surface area contributed by atoms with Gasteiger partial charge in [0.2, 0.25) is 11.8 Å². The zero-order chi connectivity index (χ0) is 30.3. The number of carbonyl (C=O) groups excluding carboxylic acids is 2. The van der Waals surface area contributed by atoms with Crippen LogP contribution in [0.3, 0.4) is 0 Å². The van der Waals surface area contributed by atoms with E-state index in [9.17, 15) is 18.0 Å². The number of hydrogen-bond acceptors (Lipinski definition) is 4. The van der Waals surface area contributed by atoms with E-state index in [4.69, 9.17) is 34.8 Å². The molecule has 3 aromatic rings. The fourth-order valence-corrected chi connectivity index (χ4v) is 6.49. The molecular weight excluding hydrogens is 605 g/mol. The molecule has 3 rings (SSSR count). The van der Waals surface area contributed by atoms with Crippen molar-refractivity contribution in [1.82, 2.24) is 10.2 Å². The monoisotopic (exact) mass is 637 g/mol. The second-order valence-electron chi connectivity index (χ2n) is 9.67. The van der Waals surface area contributed by atoms with Gasteiger partial charge in [0.1, 0.15) is 12.6 Å². The Morgan fingerprint density at radius 2 is 1.44 bits per heavy atom. The van der Waals surface area contributed by atoms with Gasteiger partial charge in [0.05, 0.1) is 10.6 Å². The lowest BCUT2D eigenvalue weighted by Crippen LogP contribution is -2.53. The Labute approximate surface area is 257 Å². The average Bonchev–Trinajstić information content (AvgIpc) is 2.95. The van der Waals surface area contributed by atoms with E-state index in [1.807, 2.05) is 13.8 Å². The summed E-state index contributed by atoms with van der Waals surface area (Å²) in [7, 11) is -4.21. The molecule has 0 radical (unpaired) electrons. The van der Waals surface area contributed by atoms with E-state index < -0.39 is 28.5 Å². The molecule has 0 aliphatic heterocycles. The molecule has 0 fully saturated rings. The summed E-state index contributed by atoms with van der Waals surface area (Å²) in [6.45, 7) is 6.60. The molecule has 41 heavy (non-hydrogen) atoms. The first-order valence-corrected chi connectivity index (χ1v) is 15.8. The Hall–Kier alpha value is -2.78. The molecule has 2 amide bonds. The fourth-order valence-electron chi connectivity index (χ4n) is 4.31. The van der Waals surface area contributed by atoms with Crippen LogP contribution in [0, 0.1) is 6.92 Å². The summed E-state index contributed by atoms with van der Waals surface area (Å²) in [4.78, 5) is 29.0. The van der Waals surface area contributed by atoms with Crippen LogP contribution in [-0.4, -0.2) is 43.8 Å². The largest absolute Gasteiger partial charge is 0.352 e. The maximum atomic E-state index is 14.2. The van der Waals surface area contributed by atoms with Crippen LogP contribution in [0.25, 0.3) is 0 Å². The first-order chi connectivity index (χ1) is 19.4. The van der Waals surface area contributed by atoms with Crippen molar-refractivity contribution in [2.45, 2.75) is 64.1 Å². The average molecular weight is 639 g/mol. The smallest absolute Gasteiger partial charge is 0.264 e. The van der Waals surface area contributed by atoms with Crippen LogP contribution in [0.15, 0.2) is 71.6 Å². The number of anilines is 1. The molecule has 0 saturated carbocycles. The van der Waals surface area contributed by atoms with Crippen molar-refractivity contribution >= 4 is 62.3 Å². The quantitative estimate of drug-likeness (QED) is 0.235. The van der Waals surface area contributed by atoms with Gasteiger partial charge in [-0.1, -0.05) is 79.0 Å². The molecule has 1 N–H and O–H groups in total. The molecule has 3 aromatic carbocycles. The van der Waals surface area contributed by atoms with Gasteiger partial charge in [-0.3, -0.25) is 13.9 Å². The van der Waals surface area contributed by atoms with Gasteiger partial charge in [0, 0.05) is 33.2 Å². The Balaban J connectivity index is 2.13. The van der Waals surface area contributed by atoms with Gasteiger partial charge in [-0.05, 0) is 68.7 Å². The Kier molecular flexibility index (Phi) is 11.5. The summed E-state index contributed by atoms with van der Waals surface area (Å²) in [6, 6.07) is 16.6. The first kappa shape index (κ1) is 32.7. The van der Waals surface area contributed by atoms with Gasteiger partial charge in [-0.15, -0.1) is 0 Å². The first-order valence-electron chi connectivity index (χ1n) is 13.3. The van der Waals surface area contributed by atoms with E-state index in [2.05, 4.69) is 5.32 Å². The number of benzene rings is 3. The van der Waals surface area contributed by atoms with Crippen molar-refractivity contribution in [3.8, 4) is 0 Å². The topological polar surface area (TPSA) is 86.8 Å². The van der Waals surface area contributed by atoms with Crippen LogP contribution >= 0.6 is 34.8 Å². The number of halogens is 3. The number of rotatable bonds is 12. The minimum Gasteiger partial charge on any atom is -0.352 e. The highest BCUT2D eigenvalue weighted by Crippen LogP contribution is 2.32. The highest BCUT2D eigenvalue weighted by molar-refractivity contribution is 7.92. The van der Waals surface area contributed by atoms with Crippen LogP contribution in [-0.2, 0) is 26.2 Å². The maximum absolute atomic E-state index is 14.2. The fraction of sp³-hybridized carbons (Fsp3) is 0.333. The molecule has 0 unspecified atom stereocenters. The molecule has 0 aliphatic rings. The molecule has 0 aromatic heterocycles. The lowest BCUT2D eigenvalue weighted by molar-refractivity contribution is -0.140. The van der Waals surface area contributed by atoms with Gasteiger partial charge in [0.15, 0.2) is 0 Å². The second kappa shape index (κ2) is 14.4. The summed E-state index contributed by atoms with van der Waals surface area (Å²) in [6.07, 6.45) is 0.974. The second-order valence-corrected chi connectivity index (χ2v) is 12.8. The molecule has 0 saturated heterocycles. The van der Waals surface area contributed by atoms with E-state index >= 15 is 0 Å². The van der Waals surface area contributed by atoms with Gasteiger partial charge >= 0.3 is 0 Å². The summed E-state index contributed by atoms with van der Waals surface area (Å²) in [5.41, 5.74) is 1.20. The summed E-state index contributed by atoms with van der Waals surface area (Å²) < 4.78 is 29.0. The standard InChI is InChI=1S/C30H34Cl3N3O4S/c1-5-20(3)34-30(38)27(6-2)35(18-23-25(32)15-10-16-26(23)33)29(37)19-36(28-17-11-14-24(31)21(28)4)41(39,40)22-12-8-7-9-13-22/h7-17,20,27H,5-6,18-19H2,1-4H3,(H,34,38)/t20-,27-/m1/s1. The van der Waals surface area contributed by atoms with Crippen LogP contribution in [0.1, 0.15) is 44.7 Å². The molecule has 0 heterocycles. The number of nitrogens with one attached hydrogen (secondary N) is 1. The molecule has 11 heteroatoms. The van der Waals surface area contributed by atoms with Gasteiger partial charge in [-0.2, -0.15) is 0 Å². The lowest BCUT2D eigenvalue weighted by Gasteiger charge is -2.34. The lowest BCUT2D eigenvalue weighted by atomic mass is 10.1. The van der Waals surface area contributed by atoms with E-state index in [0.717, 1.165) is 4.31 Å². The Bertz CT molecular complexity index is 1470. The third-order valence-corrected chi connectivity index (χ3v) is 9.79. The van der Waals surface area contributed by atoms with Crippen LogP contribution in [0.4, 0.5) is 5.69 Å². The van der Waals surface area contributed by atoms with Gasteiger partial charge < -0.3 is 10.2 Å². The van der Waals surface area contributed by atoms with Crippen molar-refractivity contribution in [2.75, 3.05) is 10.8 Å². The SMILES string of the molecule is CC[C@@H](C)NC(=O)[C@@H](CC)N(Cc1c(Cl)cccc1Cl)C(=O)CN(c1cccc(Cl)c1C)S(=O)(=O)c1ccccc1. The molecule has 0 aliphatic carbocycles. The van der Waals surface area contributed by atoms with Gasteiger partial charge in [0.25, 0.3) is 10.0 Å². The maximum Gasteiger partial charge on any atom is 0.264 e. The predicted molar refractivity (Wildman–Crippen MR) is 166 cm³/mol. The third kappa shape index (κ3) is 7.74. The summed E-state index contributed by atoms with van der Waals surface area (Å²) in [5.74, 6) is -0.958. The zero-order valence-electron chi connectivity index (χ0n) is 23.4. The normalized spacial score (nSPS) is 12.9. The minimum absolute atomic E-state index is 0.00873. The summed E-state index contributed by atoms with van der Waals surface area (Å²) >= 11 is 19.3. The summed E-state index contributed by atoms with van der Waals surface area (Å²) in [5, 5.41) is 3.94. The molecular formula is C30H34Cl3N3O4S. The number of amides is 2. The van der Waals surface area contributed by atoms with Crippen molar-refractivity contribution in [1.29, 1.82) is 0 Å². The third-order valence-electron chi connectivity index (χ3n) is 6.89. The number of nitrogens with zero attached hydrogens (tertiary/aromatic N) is 2. The van der Waals surface area contributed by atoms with Crippen LogP contribution in [0.2, 0.25) is 15.1 Å². The highest BCUT2D eigenvalue weighted by Gasteiger charge is 2.35.